The van der Waals surface area contributed by atoms with E-state index in [9.17, 15) is 18.0 Å². The summed E-state index contributed by atoms with van der Waals surface area (Å²) in [7, 11) is 1.65. The molecule has 2 atom stereocenters. The summed E-state index contributed by atoms with van der Waals surface area (Å²) in [6.07, 6.45) is -3.37. The number of nitrogens with two attached hydrogens (primary N) is 1. The quantitative estimate of drug-likeness (QED) is 0.839. The van der Waals surface area contributed by atoms with Crippen molar-refractivity contribution in [2.45, 2.75) is 31.0 Å². The topological polar surface area (TPSA) is 92.9 Å². The van der Waals surface area contributed by atoms with Crippen molar-refractivity contribution in [1.82, 2.24) is 4.90 Å². The Bertz CT molecular complexity index is 581. The van der Waals surface area contributed by atoms with Gasteiger partial charge in [0, 0.05) is 26.1 Å². The van der Waals surface area contributed by atoms with E-state index >= 15 is 0 Å². The van der Waals surface area contributed by atoms with Crippen LogP contribution in [0, 0.1) is 0 Å². The maximum Gasteiger partial charge on any atom is 0.490 e. The van der Waals surface area contributed by atoms with Gasteiger partial charge in [0.15, 0.2) is 0 Å². The highest BCUT2D eigenvalue weighted by molar-refractivity contribution is 5.82. The number of hydrogen-bond acceptors (Lipinski definition) is 4. The summed E-state index contributed by atoms with van der Waals surface area (Å²) in [5.74, 6) is -2.33. The minimum atomic E-state index is -5.08. The molecule has 1 aromatic carbocycles. The van der Waals surface area contributed by atoms with Gasteiger partial charge < -0.3 is 20.5 Å². The summed E-state index contributed by atoms with van der Waals surface area (Å²) in [5, 5.41) is 7.12. The van der Waals surface area contributed by atoms with E-state index in [0.717, 1.165) is 19.4 Å². The Labute approximate surface area is 149 Å². The second-order valence-corrected chi connectivity index (χ2v) is 5.87. The van der Waals surface area contributed by atoms with Crippen molar-refractivity contribution >= 4 is 11.9 Å². The highest BCUT2D eigenvalue weighted by Crippen LogP contribution is 2.26. The summed E-state index contributed by atoms with van der Waals surface area (Å²) >= 11 is 0. The van der Waals surface area contributed by atoms with Crippen molar-refractivity contribution in [1.29, 1.82) is 0 Å². The van der Waals surface area contributed by atoms with Crippen molar-refractivity contribution in [3.63, 3.8) is 0 Å². The van der Waals surface area contributed by atoms with Gasteiger partial charge in [0.1, 0.15) is 0 Å². The fraction of sp³-hybridized carbons (Fsp3) is 0.529. The lowest BCUT2D eigenvalue weighted by molar-refractivity contribution is -0.192. The zero-order chi connectivity index (χ0) is 19.7. The molecule has 6 nitrogen and oxygen atoms in total. The van der Waals surface area contributed by atoms with Gasteiger partial charge in [0.05, 0.1) is 12.6 Å². The number of methoxy groups -OCH3 is 1. The Morgan fingerprint density at radius 3 is 2.38 bits per heavy atom. The lowest BCUT2D eigenvalue weighted by Crippen LogP contribution is -2.44. The average Bonchev–Trinajstić information content (AvgIpc) is 2.74. The predicted molar refractivity (Wildman–Crippen MR) is 88.5 cm³/mol. The lowest BCUT2D eigenvalue weighted by atomic mass is 9.94. The Balaban J connectivity index is 0.000000412. The second kappa shape index (κ2) is 10.1. The molecule has 26 heavy (non-hydrogen) atoms. The van der Waals surface area contributed by atoms with E-state index < -0.39 is 12.1 Å². The molecule has 0 radical (unpaired) electrons. The zero-order valence-electron chi connectivity index (χ0n) is 14.4. The minimum absolute atomic E-state index is 0.0514. The molecule has 0 aromatic heterocycles. The Morgan fingerprint density at radius 2 is 1.88 bits per heavy atom. The minimum Gasteiger partial charge on any atom is -0.475 e. The largest absolute Gasteiger partial charge is 0.490 e. The van der Waals surface area contributed by atoms with Crippen LogP contribution in [0.5, 0.6) is 0 Å². The standard InChI is InChI=1S/C15H22N2O2.C2HF3O2/c1-19-10-9-17-11-13(7-8-14(16)15(17)18)12-5-3-2-4-6-12;3-2(4,5)1(6)7/h2-6,13-14H,7-11,16H2,1H3;(H,6,7)/t13-,14-;/m1./s1. The Kier molecular flexibility index (Phi) is 8.53. The third-order valence-corrected chi connectivity index (χ3v) is 3.97. The number of hydrogen-bond donors (Lipinski definition) is 2. The molecule has 0 aliphatic carbocycles. The number of carboxylic acid groups (broad SMARTS) is 1. The van der Waals surface area contributed by atoms with E-state index in [1.807, 2.05) is 23.1 Å². The number of ether oxygens (including phenoxy) is 1. The molecule has 1 amide bonds. The summed E-state index contributed by atoms with van der Waals surface area (Å²) in [6, 6.07) is 9.98. The molecule has 9 heteroatoms. The van der Waals surface area contributed by atoms with Gasteiger partial charge in [-0.25, -0.2) is 4.79 Å². The number of carboxylic acids is 1. The van der Waals surface area contributed by atoms with Gasteiger partial charge in [-0.05, 0) is 18.4 Å². The van der Waals surface area contributed by atoms with Crippen LogP contribution in [0.4, 0.5) is 13.2 Å². The summed E-state index contributed by atoms with van der Waals surface area (Å²) < 4.78 is 36.8. The van der Waals surface area contributed by atoms with Crippen LogP contribution in [-0.4, -0.2) is 60.9 Å². The van der Waals surface area contributed by atoms with Crippen LogP contribution in [0.3, 0.4) is 0 Å². The molecule has 0 bridgehead atoms. The molecule has 0 unspecified atom stereocenters. The summed E-state index contributed by atoms with van der Waals surface area (Å²) in [4.78, 5) is 22.9. The molecule has 146 valence electrons. The van der Waals surface area contributed by atoms with E-state index in [4.69, 9.17) is 20.4 Å². The van der Waals surface area contributed by atoms with Crippen LogP contribution in [0.2, 0.25) is 0 Å². The molecule has 0 saturated carbocycles. The smallest absolute Gasteiger partial charge is 0.475 e. The van der Waals surface area contributed by atoms with Crippen LogP contribution in [-0.2, 0) is 14.3 Å². The predicted octanol–water partition coefficient (Wildman–Crippen LogP) is 2.00. The first-order valence-corrected chi connectivity index (χ1v) is 8.05. The third-order valence-electron chi connectivity index (χ3n) is 3.97. The summed E-state index contributed by atoms with van der Waals surface area (Å²) in [6.45, 7) is 1.91. The average molecular weight is 376 g/mol. The molecule has 2 rings (SSSR count). The monoisotopic (exact) mass is 376 g/mol. The van der Waals surface area contributed by atoms with Crippen molar-refractivity contribution in [3.05, 3.63) is 35.9 Å². The number of halogens is 3. The van der Waals surface area contributed by atoms with Gasteiger partial charge in [-0.2, -0.15) is 13.2 Å². The molecule has 1 aliphatic rings. The van der Waals surface area contributed by atoms with Crippen molar-refractivity contribution in [2.24, 2.45) is 5.73 Å². The molecule has 1 saturated heterocycles. The number of aliphatic carboxylic acids is 1. The second-order valence-electron chi connectivity index (χ2n) is 5.87. The molecule has 1 heterocycles. The fourth-order valence-electron chi connectivity index (χ4n) is 2.59. The van der Waals surface area contributed by atoms with Gasteiger partial charge in [0.2, 0.25) is 5.91 Å². The van der Waals surface area contributed by atoms with Crippen LogP contribution in [0.1, 0.15) is 24.3 Å². The molecular formula is C17H23F3N2O4. The first-order chi connectivity index (χ1) is 12.2. The maximum atomic E-state index is 12.2. The third kappa shape index (κ3) is 7.01. The number of carbonyl (C=O) groups is 2. The highest BCUT2D eigenvalue weighted by Gasteiger charge is 2.38. The molecule has 0 spiro atoms. The Morgan fingerprint density at radius 1 is 1.31 bits per heavy atom. The van der Waals surface area contributed by atoms with Crippen LogP contribution < -0.4 is 5.73 Å². The fourth-order valence-corrected chi connectivity index (χ4v) is 2.59. The van der Waals surface area contributed by atoms with Crippen LogP contribution in [0.15, 0.2) is 30.3 Å². The van der Waals surface area contributed by atoms with Gasteiger partial charge in [-0.3, -0.25) is 4.79 Å². The zero-order valence-corrected chi connectivity index (χ0v) is 14.4. The number of nitrogens with zero attached hydrogens (tertiary/aromatic N) is 1. The SMILES string of the molecule is COCCN1C[C@H](c2ccccc2)CC[C@@H](N)C1=O.O=C(O)C(F)(F)F. The number of rotatable bonds is 4. The van der Waals surface area contributed by atoms with Gasteiger partial charge in [0.25, 0.3) is 0 Å². The Hall–Kier alpha value is -2.13. The maximum absolute atomic E-state index is 12.2. The van der Waals surface area contributed by atoms with Gasteiger partial charge in [-0.15, -0.1) is 0 Å². The highest BCUT2D eigenvalue weighted by atomic mass is 19.4. The van der Waals surface area contributed by atoms with Crippen LogP contribution >= 0.6 is 0 Å². The van der Waals surface area contributed by atoms with E-state index in [-0.39, 0.29) is 11.9 Å². The molecule has 3 N–H and O–H groups in total. The van der Waals surface area contributed by atoms with E-state index in [2.05, 4.69) is 12.1 Å². The van der Waals surface area contributed by atoms with E-state index in [0.29, 0.717) is 19.1 Å². The van der Waals surface area contributed by atoms with E-state index in [1.54, 1.807) is 7.11 Å². The first kappa shape index (κ1) is 21.9. The van der Waals surface area contributed by atoms with Crippen LogP contribution in [0.25, 0.3) is 0 Å². The first-order valence-electron chi connectivity index (χ1n) is 8.05. The number of carbonyl (C=O) groups excluding carboxylic acids is 1. The van der Waals surface area contributed by atoms with Gasteiger partial charge >= 0.3 is 12.1 Å². The summed E-state index contributed by atoms with van der Waals surface area (Å²) in [5.41, 5.74) is 7.23. The number of benzene rings is 1. The van der Waals surface area contributed by atoms with E-state index in [1.165, 1.54) is 5.56 Å². The van der Waals surface area contributed by atoms with Gasteiger partial charge in [-0.1, -0.05) is 30.3 Å². The molecule has 1 aromatic rings. The van der Waals surface area contributed by atoms with Crippen molar-refractivity contribution in [3.8, 4) is 0 Å². The number of alkyl halides is 3. The van der Waals surface area contributed by atoms with Crippen molar-refractivity contribution in [2.75, 3.05) is 26.8 Å². The molecule has 1 fully saturated rings. The number of likely N-dealkylation sites (tertiary alicyclic amines) is 1. The molecule has 1 aliphatic heterocycles. The molecular weight excluding hydrogens is 353 g/mol. The number of amides is 1. The lowest BCUT2D eigenvalue weighted by Gasteiger charge is -2.25. The normalized spacial score (nSPS) is 20.8. The van der Waals surface area contributed by atoms with Crippen molar-refractivity contribution < 1.29 is 32.6 Å².